The Balaban J connectivity index is 2.45. The molecule has 14 heavy (non-hydrogen) atoms. The highest BCUT2D eigenvalue weighted by Gasteiger charge is 2.15. The molecule has 2 rings (SSSR count). The van der Waals surface area contributed by atoms with Crippen LogP contribution < -0.4 is 5.56 Å². The van der Waals surface area contributed by atoms with Gasteiger partial charge in [-0.25, -0.2) is 4.98 Å². The number of rotatable bonds is 0. The molecule has 0 fully saturated rings. The van der Waals surface area contributed by atoms with Gasteiger partial charge in [0.2, 0.25) is 0 Å². The average molecular weight is 193 g/mol. The Hall–Kier alpha value is -1.16. The lowest BCUT2D eigenvalue weighted by Crippen LogP contribution is -2.21. The van der Waals surface area contributed by atoms with Crippen molar-refractivity contribution in [1.29, 1.82) is 0 Å². The third-order valence-electron chi connectivity index (χ3n) is 2.69. The van der Waals surface area contributed by atoms with Crippen LogP contribution in [-0.4, -0.2) is 35.0 Å². The van der Waals surface area contributed by atoms with Gasteiger partial charge in [-0.05, 0) is 20.4 Å². The second-order valence-corrected chi connectivity index (χ2v) is 3.88. The molecule has 2 heterocycles. The number of fused-ring (bicyclic) bond motifs is 1. The van der Waals surface area contributed by atoms with Gasteiger partial charge in [-0.1, -0.05) is 0 Å². The molecule has 0 radical (unpaired) electrons. The fourth-order valence-corrected chi connectivity index (χ4v) is 1.84. The molecular weight excluding hydrogens is 178 g/mol. The van der Waals surface area contributed by atoms with Gasteiger partial charge in [-0.3, -0.25) is 4.79 Å². The van der Waals surface area contributed by atoms with E-state index < -0.39 is 0 Å². The van der Waals surface area contributed by atoms with E-state index in [0.29, 0.717) is 0 Å². The summed E-state index contributed by atoms with van der Waals surface area (Å²) in [4.78, 5) is 21.0. The zero-order valence-electron chi connectivity index (χ0n) is 8.63. The van der Waals surface area contributed by atoms with Crippen LogP contribution in [0.5, 0.6) is 0 Å². The van der Waals surface area contributed by atoms with Gasteiger partial charge in [0, 0.05) is 25.1 Å². The van der Waals surface area contributed by atoms with Gasteiger partial charge >= 0.3 is 0 Å². The monoisotopic (exact) mass is 193 g/mol. The first-order chi connectivity index (χ1) is 6.66. The molecular formula is C10H15N3O. The highest BCUT2D eigenvalue weighted by atomic mass is 16.1. The normalized spacial score (nSPS) is 17.6. The standard InChI is InChI=1S/C10H15N3O/c1-7-11-9-4-6-13(2)5-3-8(9)10(14)12-7/h3-6H2,1-2H3,(H,11,12,14). The van der Waals surface area contributed by atoms with Crippen LogP contribution in [0.4, 0.5) is 0 Å². The zero-order chi connectivity index (χ0) is 10.1. The Labute approximate surface area is 83.0 Å². The summed E-state index contributed by atoms with van der Waals surface area (Å²) in [6.07, 6.45) is 1.70. The van der Waals surface area contributed by atoms with Crippen molar-refractivity contribution >= 4 is 0 Å². The molecule has 0 saturated heterocycles. The highest BCUT2D eigenvalue weighted by molar-refractivity contribution is 5.19. The second kappa shape index (κ2) is 3.53. The molecule has 0 atom stereocenters. The number of nitrogens with zero attached hydrogens (tertiary/aromatic N) is 2. The van der Waals surface area contributed by atoms with Crippen molar-refractivity contribution in [2.24, 2.45) is 0 Å². The Morgan fingerprint density at radius 2 is 2.07 bits per heavy atom. The fraction of sp³-hybridized carbons (Fsp3) is 0.600. The Bertz CT molecular complexity index is 397. The van der Waals surface area contributed by atoms with E-state index in [1.54, 1.807) is 0 Å². The van der Waals surface area contributed by atoms with Crippen LogP contribution in [0.2, 0.25) is 0 Å². The molecule has 4 nitrogen and oxygen atoms in total. The molecule has 1 N–H and O–H groups in total. The lowest BCUT2D eigenvalue weighted by molar-refractivity contribution is 0.351. The van der Waals surface area contributed by atoms with Crippen LogP contribution in [0, 0.1) is 6.92 Å². The number of hydrogen-bond donors (Lipinski definition) is 1. The summed E-state index contributed by atoms with van der Waals surface area (Å²) in [6, 6.07) is 0. The van der Waals surface area contributed by atoms with Gasteiger partial charge < -0.3 is 9.88 Å². The summed E-state index contributed by atoms with van der Waals surface area (Å²) in [5.74, 6) is 0.721. The molecule has 0 aliphatic carbocycles. The van der Waals surface area contributed by atoms with E-state index in [0.717, 1.165) is 43.0 Å². The number of aryl methyl sites for hydroxylation is 1. The van der Waals surface area contributed by atoms with Crippen LogP contribution in [0.15, 0.2) is 4.79 Å². The molecule has 1 aromatic heterocycles. The van der Waals surface area contributed by atoms with Crippen LogP contribution in [-0.2, 0) is 12.8 Å². The topological polar surface area (TPSA) is 49.0 Å². The number of H-pyrrole nitrogens is 1. The van der Waals surface area contributed by atoms with Crippen LogP contribution >= 0.6 is 0 Å². The smallest absolute Gasteiger partial charge is 0.254 e. The molecule has 0 spiro atoms. The number of aromatic amines is 1. The fourth-order valence-electron chi connectivity index (χ4n) is 1.84. The van der Waals surface area contributed by atoms with E-state index in [1.165, 1.54) is 0 Å². The van der Waals surface area contributed by atoms with E-state index in [2.05, 4.69) is 21.9 Å². The maximum absolute atomic E-state index is 11.6. The van der Waals surface area contributed by atoms with Gasteiger partial charge in [-0.15, -0.1) is 0 Å². The molecule has 0 bridgehead atoms. The summed E-state index contributed by atoms with van der Waals surface area (Å²) in [5.41, 5.74) is 1.90. The number of hydrogen-bond acceptors (Lipinski definition) is 3. The molecule has 0 amide bonds. The van der Waals surface area contributed by atoms with Crippen LogP contribution in [0.25, 0.3) is 0 Å². The van der Waals surface area contributed by atoms with Crippen molar-refractivity contribution in [1.82, 2.24) is 14.9 Å². The number of aromatic nitrogens is 2. The van der Waals surface area contributed by atoms with Gasteiger partial charge in [0.05, 0.1) is 5.69 Å². The Morgan fingerprint density at radius 1 is 1.36 bits per heavy atom. The van der Waals surface area contributed by atoms with Crippen molar-refractivity contribution in [3.8, 4) is 0 Å². The van der Waals surface area contributed by atoms with Gasteiger partial charge in [0.15, 0.2) is 0 Å². The largest absolute Gasteiger partial charge is 0.311 e. The SMILES string of the molecule is Cc1nc2c(c(=O)[nH]1)CCN(C)CC2. The third-order valence-corrected chi connectivity index (χ3v) is 2.69. The second-order valence-electron chi connectivity index (χ2n) is 3.88. The Kier molecular flexibility index (Phi) is 2.37. The van der Waals surface area contributed by atoms with E-state index in [9.17, 15) is 4.79 Å². The van der Waals surface area contributed by atoms with Gasteiger partial charge in [-0.2, -0.15) is 0 Å². The highest BCUT2D eigenvalue weighted by Crippen LogP contribution is 2.08. The molecule has 76 valence electrons. The summed E-state index contributed by atoms with van der Waals surface area (Å²) in [5, 5.41) is 0. The predicted molar refractivity (Wildman–Crippen MR) is 54.5 cm³/mol. The maximum Gasteiger partial charge on any atom is 0.254 e. The zero-order valence-corrected chi connectivity index (χ0v) is 8.63. The third kappa shape index (κ3) is 1.70. The van der Waals surface area contributed by atoms with Crippen molar-refractivity contribution in [3.63, 3.8) is 0 Å². The summed E-state index contributed by atoms with van der Waals surface area (Å²) < 4.78 is 0. The molecule has 1 aliphatic rings. The number of nitrogens with one attached hydrogen (secondary N) is 1. The first kappa shape index (κ1) is 9.40. The molecule has 1 aliphatic heterocycles. The first-order valence-corrected chi connectivity index (χ1v) is 4.94. The van der Waals surface area contributed by atoms with Crippen molar-refractivity contribution in [2.75, 3.05) is 20.1 Å². The predicted octanol–water partition coefficient (Wildman–Crippen LogP) is 0.109. The van der Waals surface area contributed by atoms with Crippen LogP contribution in [0.3, 0.4) is 0 Å². The lowest BCUT2D eigenvalue weighted by atomic mass is 10.1. The molecule has 0 aromatic carbocycles. The first-order valence-electron chi connectivity index (χ1n) is 4.94. The molecule has 4 heteroatoms. The molecule has 1 aromatic rings. The summed E-state index contributed by atoms with van der Waals surface area (Å²) in [7, 11) is 2.08. The minimum absolute atomic E-state index is 0.0443. The maximum atomic E-state index is 11.6. The lowest BCUT2D eigenvalue weighted by Gasteiger charge is -2.10. The van der Waals surface area contributed by atoms with Crippen molar-refractivity contribution in [3.05, 3.63) is 27.4 Å². The summed E-state index contributed by atoms with van der Waals surface area (Å²) in [6.45, 7) is 3.76. The minimum atomic E-state index is 0.0443. The average Bonchev–Trinajstić information content (AvgIpc) is 2.28. The van der Waals surface area contributed by atoms with E-state index in [4.69, 9.17) is 0 Å². The van der Waals surface area contributed by atoms with Gasteiger partial charge in [0.25, 0.3) is 5.56 Å². The van der Waals surface area contributed by atoms with E-state index in [-0.39, 0.29) is 5.56 Å². The summed E-state index contributed by atoms with van der Waals surface area (Å²) >= 11 is 0. The molecule has 0 saturated carbocycles. The van der Waals surface area contributed by atoms with Crippen LogP contribution in [0.1, 0.15) is 17.1 Å². The number of likely N-dealkylation sites (N-methyl/N-ethyl adjacent to an activating group) is 1. The minimum Gasteiger partial charge on any atom is -0.311 e. The quantitative estimate of drug-likeness (QED) is 0.636. The van der Waals surface area contributed by atoms with Gasteiger partial charge in [0.1, 0.15) is 5.82 Å². The molecule has 0 unspecified atom stereocenters. The van der Waals surface area contributed by atoms with E-state index >= 15 is 0 Å². The Morgan fingerprint density at radius 3 is 2.86 bits per heavy atom. The van der Waals surface area contributed by atoms with Crippen molar-refractivity contribution in [2.45, 2.75) is 19.8 Å². The van der Waals surface area contributed by atoms with E-state index in [1.807, 2.05) is 6.92 Å². The van der Waals surface area contributed by atoms with Crippen molar-refractivity contribution < 1.29 is 0 Å².